The molecule has 1 aliphatic rings. The minimum Gasteiger partial charge on any atom is -0.481 e. The standard InChI is InChI=1S/C10H14N2O4/c11-4-8-7(3-10(15)16)6(5-12-8)1-2-9(13)14/h5-6H,1-4,11H2,(H,13,14)(H,15,16). The van der Waals surface area contributed by atoms with E-state index in [0.29, 0.717) is 17.7 Å². The van der Waals surface area contributed by atoms with E-state index in [0.717, 1.165) is 0 Å². The lowest BCUT2D eigenvalue weighted by molar-refractivity contribution is -0.137. The van der Waals surface area contributed by atoms with Gasteiger partial charge in [-0.15, -0.1) is 0 Å². The molecule has 0 aromatic rings. The first-order valence-electron chi connectivity index (χ1n) is 4.94. The Kier molecular flexibility index (Phi) is 4.19. The third-order valence-corrected chi connectivity index (χ3v) is 2.43. The molecule has 0 amide bonds. The summed E-state index contributed by atoms with van der Waals surface area (Å²) in [6.45, 7) is 0.183. The minimum atomic E-state index is -0.952. The second-order valence-electron chi connectivity index (χ2n) is 3.56. The van der Waals surface area contributed by atoms with Gasteiger partial charge in [0.05, 0.1) is 12.1 Å². The van der Waals surface area contributed by atoms with Crippen LogP contribution in [0.3, 0.4) is 0 Å². The zero-order valence-electron chi connectivity index (χ0n) is 8.72. The van der Waals surface area contributed by atoms with Crippen molar-refractivity contribution in [1.29, 1.82) is 0 Å². The van der Waals surface area contributed by atoms with Gasteiger partial charge in [0.15, 0.2) is 0 Å². The lowest BCUT2D eigenvalue weighted by Crippen LogP contribution is -2.12. The molecule has 0 aliphatic carbocycles. The van der Waals surface area contributed by atoms with Crippen LogP contribution in [-0.2, 0) is 9.59 Å². The molecule has 0 saturated carbocycles. The van der Waals surface area contributed by atoms with Crippen LogP contribution in [0.4, 0.5) is 0 Å². The van der Waals surface area contributed by atoms with Gasteiger partial charge in [-0.05, 0) is 12.0 Å². The van der Waals surface area contributed by atoms with Crippen molar-refractivity contribution < 1.29 is 19.8 Å². The molecular weight excluding hydrogens is 212 g/mol. The fourth-order valence-electron chi connectivity index (χ4n) is 1.67. The quantitative estimate of drug-likeness (QED) is 0.600. The fraction of sp³-hybridized carbons (Fsp3) is 0.500. The maximum absolute atomic E-state index is 10.7. The Morgan fingerprint density at radius 1 is 1.38 bits per heavy atom. The summed E-state index contributed by atoms with van der Waals surface area (Å²) in [6, 6.07) is 0. The van der Waals surface area contributed by atoms with Crippen LogP contribution in [0.1, 0.15) is 19.3 Å². The van der Waals surface area contributed by atoms with Gasteiger partial charge in [0, 0.05) is 25.1 Å². The summed E-state index contributed by atoms with van der Waals surface area (Å²) in [4.78, 5) is 25.1. The van der Waals surface area contributed by atoms with Crippen molar-refractivity contribution in [3.8, 4) is 0 Å². The summed E-state index contributed by atoms with van der Waals surface area (Å²) in [5.74, 6) is -2.05. The molecule has 0 aromatic heterocycles. The number of aliphatic imine (C=N–C) groups is 1. The Labute approximate surface area is 92.5 Å². The van der Waals surface area contributed by atoms with Crippen molar-refractivity contribution in [2.75, 3.05) is 6.54 Å². The van der Waals surface area contributed by atoms with Gasteiger partial charge in [-0.3, -0.25) is 14.6 Å². The number of nitrogens with two attached hydrogens (primary N) is 1. The summed E-state index contributed by atoms with van der Waals surface area (Å²) < 4.78 is 0. The van der Waals surface area contributed by atoms with E-state index in [-0.39, 0.29) is 25.3 Å². The molecule has 6 heteroatoms. The number of nitrogens with zero attached hydrogens (tertiary/aromatic N) is 1. The molecule has 0 bridgehead atoms. The van der Waals surface area contributed by atoms with Crippen LogP contribution in [-0.4, -0.2) is 34.9 Å². The van der Waals surface area contributed by atoms with E-state index in [2.05, 4.69) is 4.99 Å². The lowest BCUT2D eigenvalue weighted by atomic mass is 9.93. The molecule has 1 aliphatic heterocycles. The molecule has 88 valence electrons. The molecule has 1 unspecified atom stereocenters. The molecule has 0 fully saturated rings. The van der Waals surface area contributed by atoms with Crippen molar-refractivity contribution in [2.24, 2.45) is 16.6 Å². The van der Waals surface area contributed by atoms with Gasteiger partial charge in [-0.2, -0.15) is 0 Å². The number of hydrogen-bond acceptors (Lipinski definition) is 4. The summed E-state index contributed by atoms with van der Waals surface area (Å²) >= 11 is 0. The molecular formula is C10H14N2O4. The Bertz CT molecular complexity index is 360. The minimum absolute atomic E-state index is 0.00232. The number of rotatable bonds is 6. The first-order chi connectivity index (χ1) is 7.54. The van der Waals surface area contributed by atoms with Gasteiger partial charge in [0.25, 0.3) is 0 Å². The maximum Gasteiger partial charge on any atom is 0.307 e. The zero-order valence-corrected chi connectivity index (χ0v) is 8.72. The van der Waals surface area contributed by atoms with E-state index >= 15 is 0 Å². The highest BCUT2D eigenvalue weighted by Gasteiger charge is 2.23. The van der Waals surface area contributed by atoms with Crippen molar-refractivity contribution in [3.05, 3.63) is 11.3 Å². The van der Waals surface area contributed by atoms with E-state index in [1.165, 1.54) is 0 Å². The van der Waals surface area contributed by atoms with Gasteiger partial charge in [0.1, 0.15) is 0 Å². The Morgan fingerprint density at radius 2 is 2.06 bits per heavy atom. The van der Waals surface area contributed by atoms with Gasteiger partial charge >= 0.3 is 11.9 Å². The highest BCUT2D eigenvalue weighted by molar-refractivity contribution is 5.78. The van der Waals surface area contributed by atoms with E-state index < -0.39 is 11.9 Å². The molecule has 16 heavy (non-hydrogen) atoms. The highest BCUT2D eigenvalue weighted by atomic mass is 16.4. The van der Waals surface area contributed by atoms with E-state index in [1.54, 1.807) is 6.21 Å². The van der Waals surface area contributed by atoms with Crippen LogP contribution in [0.25, 0.3) is 0 Å². The number of carbonyl (C=O) groups is 2. The number of hydrogen-bond donors (Lipinski definition) is 3. The SMILES string of the molecule is NCC1=C(CC(=O)O)C(CCC(=O)O)C=N1. The predicted molar refractivity (Wildman–Crippen MR) is 57.2 cm³/mol. The van der Waals surface area contributed by atoms with Gasteiger partial charge in [-0.1, -0.05) is 0 Å². The van der Waals surface area contributed by atoms with E-state index in [4.69, 9.17) is 15.9 Å². The molecule has 1 rings (SSSR count). The van der Waals surface area contributed by atoms with Crippen molar-refractivity contribution in [1.82, 2.24) is 0 Å². The van der Waals surface area contributed by atoms with Crippen LogP contribution in [0.15, 0.2) is 16.3 Å². The first kappa shape index (κ1) is 12.4. The molecule has 0 spiro atoms. The average Bonchev–Trinajstić information content (AvgIpc) is 2.56. The number of aliphatic carboxylic acids is 2. The Balaban J connectivity index is 2.71. The van der Waals surface area contributed by atoms with Crippen LogP contribution >= 0.6 is 0 Å². The third kappa shape index (κ3) is 3.16. The predicted octanol–water partition coefficient (Wildman–Crippen LogP) is 0.239. The van der Waals surface area contributed by atoms with Crippen LogP contribution in [0.5, 0.6) is 0 Å². The number of carboxylic acids is 2. The molecule has 0 saturated heterocycles. The smallest absolute Gasteiger partial charge is 0.307 e. The Hall–Kier alpha value is -1.69. The van der Waals surface area contributed by atoms with E-state index in [1.807, 2.05) is 0 Å². The normalized spacial score (nSPS) is 19.2. The fourth-order valence-corrected chi connectivity index (χ4v) is 1.67. The van der Waals surface area contributed by atoms with Crippen molar-refractivity contribution >= 4 is 18.2 Å². The summed E-state index contributed by atoms with van der Waals surface area (Å²) in [7, 11) is 0. The molecule has 1 heterocycles. The lowest BCUT2D eigenvalue weighted by Gasteiger charge is -2.10. The Morgan fingerprint density at radius 3 is 2.56 bits per heavy atom. The second kappa shape index (κ2) is 5.41. The third-order valence-electron chi connectivity index (χ3n) is 2.43. The molecule has 0 radical (unpaired) electrons. The van der Waals surface area contributed by atoms with Crippen molar-refractivity contribution in [3.63, 3.8) is 0 Å². The van der Waals surface area contributed by atoms with Gasteiger partial charge in [-0.25, -0.2) is 0 Å². The topological polar surface area (TPSA) is 113 Å². The molecule has 0 aromatic carbocycles. The van der Waals surface area contributed by atoms with Crippen molar-refractivity contribution in [2.45, 2.75) is 19.3 Å². The van der Waals surface area contributed by atoms with Crippen LogP contribution in [0.2, 0.25) is 0 Å². The average molecular weight is 226 g/mol. The van der Waals surface area contributed by atoms with Gasteiger partial charge in [0.2, 0.25) is 0 Å². The summed E-state index contributed by atoms with van der Waals surface area (Å²) in [5.41, 5.74) is 6.64. The molecule has 1 atom stereocenters. The van der Waals surface area contributed by atoms with Crippen LogP contribution < -0.4 is 5.73 Å². The van der Waals surface area contributed by atoms with Gasteiger partial charge < -0.3 is 15.9 Å². The largest absolute Gasteiger partial charge is 0.481 e. The highest BCUT2D eigenvalue weighted by Crippen LogP contribution is 2.27. The zero-order chi connectivity index (χ0) is 12.1. The molecule has 4 N–H and O–H groups in total. The number of carboxylic acid groups (broad SMARTS) is 2. The summed E-state index contributed by atoms with van der Waals surface area (Å²) in [5, 5.41) is 17.3. The second-order valence-corrected chi connectivity index (χ2v) is 3.56. The maximum atomic E-state index is 10.7. The monoisotopic (exact) mass is 226 g/mol. The van der Waals surface area contributed by atoms with E-state index in [9.17, 15) is 9.59 Å². The van der Waals surface area contributed by atoms with Crippen LogP contribution in [0, 0.1) is 5.92 Å². The summed E-state index contributed by atoms with van der Waals surface area (Å²) in [6.07, 6.45) is 1.82. The first-order valence-corrected chi connectivity index (χ1v) is 4.94. The molecule has 6 nitrogen and oxygen atoms in total.